The van der Waals surface area contributed by atoms with Crippen LogP contribution in [0.25, 0.3) is 11.1 Å². The maximum atomic E-state index is 15.0. The number of hydrogen-bond donors (Lipinski definition) is 2. The standard InChI is InChI=1S/C24H24FNO4/c1-15(26)19-7-5-8-20(24(19)25)16-10-11-21(29-2)18(12-16)14-30-22-9-4-3-6-17(22)13-23(27)28/h3-12,15H,13-14,26H2,1-2H3,(H,27,28)/t15-/m1/s1. The number of benzene rings is 3. The van der Waals surface area contributed by atoms with Crippen molar-refractivity contribution in [3.63, 3.8) is 0 Å². The summed E-state index contributed by atoms with van der Waals surface area (Å²) < 4.78 is 26.3. The van der Waals surface area contributed by atoms with Gasteiger partial charge in [0.2, 0.25) is 0 Å². The molecule has 3 N–H and O–H groups in total. The van der Waals surface area contributed by atoms with E-state index in [0.29, 0.717) is 39.3 Å². The van der Waals surface area contributed by atoms with E-state index in [4.69, 9.17) is 20.3 Å². The molecule has 30 heavy (non-hydrogen) atoms. The number of para-hydroxylation sites is 1. The van der Waals surface area contributed by atoms with Crippen molar-refractivity contribution in [2.45, 2.75) is 26.0 Å². The highest BCUT2D eigenvalue weighted by molar-refractivity contribution is 5.71. The van der Waals surface area contributed by atoms with Gasteiger partial charge in [0.05, 0.1) is 13.5 Å². The number of aliphatic carboxylic acids is 1. The SMILES string of the molecule is COc1ccc(-c2cccc([C@@H](C)N)c2F)cc1COc1ccccc1CC(=O)O. The minimum Gasteiger partial charge on any atom is -0.496 e. The van der Waals surface area contributed by atoms with Gasteiger partial charge in [0, 0.05) is 28.3 Å². The third-order valence-corrected chi connectivity index (χ3v) is 4.81. The number of halogens is 1. The van der Waals surface area contributed by atoms with E-state index in [1.807, 2.05) is 6.07 Å². The van der Waals surface area contributed by atoms with Crippen LogP contribution in [0.4, 0.5) is 4.39 Å². The molecule has 3 rings (SSSR count). The fourth-order valence-electron chi connectivity index (χ4n) is 3.29. The minimum atomic E-state index is -0.935. The second-order valence-corrected chi connectivity index (χ2v) is 6.99. The molecule has 0 fully saturated rings. The van der Waals surface area contributed by atoms with Gasteiger partial charge < -0.3 is 20.3 Å². The minimum absolute atomic E-state index is 0.136. The molecule has 6 heteroatoms. The van der Waals surface area contributed by atoms with Crippen molar-refractivity contribution in [2.75, 3.05) is 7.11 Å². The van der Waals surface area contributed by atoms with Crippen molar-refractivity contribution in [3.05, 3.63) is 83.2 Å². The smallest absolute Gasteiger partial charge is 0.307 e. The molecule has 0 aromatic heterocycles. The first-order chi connectivity index (χ1) is 14.4. The van der Waals surface area contributed by atoms with E-state index in [0.717, 1.165) is 0 Å². The summed E-state index contributed by atoms with van der Waals surface area (Å²) in [6, 6.07) is 17.1. The number of carbonyl (C=O) groups is 1. The number of methoxy groups -OCH3 is 1. The number of nitrogens with two attached hydrogens (primary N) is 1. The van der Waals surface area contributed by atoms with Crippen molar-refractivity contribution in [1.82, 2.24) is 0 Å². The van der Waals surface area contributed by atoms with Gasteiger partial charge in [0.15, 0.2) is 0 Å². The number of ether oxygens (including phenoxy) is 2. The maximum absolute atomic E-state index is 15.0. The molecule has 156 valence electrons. The summed E-state index contributed by atoms with van der Waals surface area (Å²) in [5.74, 6) is -0.206. The topological polar surface area (TPSA) is 81.8 Å². The van der Waals surface area contributed by atoms with Crippen LogP contribution in [0.5, 0.6) is 11.5 Å². The van der Waals surface area contributed by atoms with Crippen LogP contribution < -0.4 is 15.2 Å². The van der Waals surface area contributed by atoms with Gasteiger partial charge in [-0.2, -0.15) is 0 Å². The molecule has 0 spiro atoms. The van der Waals surface area contributed by atoms with E-state index >= 15 is 0 Å². The highest BCUT2D eigenvalue weighted by atomic mass is 19.1. The summed E-state index contributed by atoms with van der Waals surface area (Å²) in [7, 11) is 1.55. The Morgan fingerprint density at radius 2 is 1.83 bits per heavy atom. The summed E-state index contributed by atoms with van der Waals surface area (Å²) in [5, 5.41) is 9.09. The molecule has 0 heterocycles. The molecule has 0 amide bonds. The summed E-state index contributed by atoms with van der Waals surface area (Å²) in [4.78, 5) is 11.1. The average Bonchev–Trinajstić information content (AvgIpc) is 2.72. The van der Waals surface area contributed by atoms with E-state index < -0.39 is 12.0 Å². The van der Waals surface area contributed by atoms with Gasteiger partial charge in [-0.05, 0) is 30.7 Å². The maximum Gasteiger partial charge on any atom is 0.307 e. The van der Waals surface area contributed by atoms with Gasteiger partial charge in [-0.25, -0.2) is 4.39 Å². The fourth-order valence-corrected chi connectivity index (χ4v) is 3.29. The number of carboxylic acid groups (broad SMARTS) is 1. The average molecular weight is 409 g/mol. The van der Waals surface area contributed by atoms with E-state index in [1.165, 1.54) is 0 Å². The van der Waals surface area contributed by atoms with Gasteiger partial charge in [0.1, 0.15) is 23.9 Å². The zero-order chi connectivity index (χ0) is 21.7. The molecular weight excluding hydrogens is 385 g/mol. The zero-order valence-electron chi connectivity index (χ0n) is 16.9. The van der Waals surface area contributed by atoms with Gasteiger partial charge >= 0.3 is 5.97 Å². The lowest BCUT2D eigenvalue weighted by Crippen LogP contribution is -2.08. The zero-order valence-corrected chi connectivity index (χ0v) is 16.9. The van der Waals surface area contributed by atoms with Crippen LogP contribution in [0.15, 0.2) is 60.7 Å². The van der Waals surface area contributed by atoms with Crippen molar-refractivity contribution in [3.8, 4) is 22.6 Å². The Morgan fingerprint density at radius 1 is 1.07 bits per heavy atom. The van der Waals surface area contributed by atoms with Crippen LogP contribution in [-0.4, -0.2) is 18.2 Å². The lowest BCUT2D eigenvalue weighted by molar-refractivity contribution is -0.136. The van der Waals surface area contributed by atoms with Crippen molar-refractivity contribution in [2.24, 2.45) is 5.73 Å². The Bertz CT molecular complexity index is 1050. The highest BCUT2D eigenvalue weighted by Crippen LogP contribution is 2.32. The van der Waals surface area contributed by atoms with E-state index in [1.54, 1.807) is 68.6 Å². The predicted octanol–water partition coefficient (Wildman–Crippen LogP) is 4.73. The van der Waals surface area contributed by atoms with Crippen LogP contribution in [0.2, 0.25) is 0 Å². The summed E-state index contributed by atoms with van der Waals surface area (Å²) in [6.07, 6.45) is -0.136. The lowest BCUT2D eigenvalue weighted by atomic mass is 9.97. The number of rotatable bonds is 8. The summed E-state index contributed by atoms with van der Waals surface area (Å²) in [6.45, 7) is 1.88. The predicted molar refractivity (Wildman–Crippen MR) is 113 cm³/mol. The summed E-state index contributed by atoms with van der Waals surface area (Å²) in [5.41, 5.74) is 8.74. The monoisotopic (exact) mass is 409 g/mol. The molecule has 0 aliphatic carbocycles. The molecule has 0 saturated carbocycles. The third-order valence-electron chi connectivity index (χ3n) is 4.81. The molecule has 5 nitrogen and oxygen atoms in total. The van der Waals surface area contributed by atoms with Gasteiger partial charge in [-0.1, -0.05) is 42.5 Å². The molecule has 0 aliphatic rings. The first-order valence-electron chi connectivity index (χ1n) is 9.54. The quantitative estimate of drug-likeness (QED) is 0.562. The molecule has 3 aromatic carbocycles. The fraction of sp³-hybridized carbons (Fsp3) is 0.208. The molecule has 0 bridgehead atoms. The van der Waals surface area contributed by atoms with E-state index in [-0.39, 0.29) is 18.8 Å². The van der Waals surface area contributed by atoms with Gasteiger partial charge in [0.25, 0.3) is 0 Å². The van der Waals surface area contributed by atoms with Crippen LogP contribution in [0, 0.1) is 5.82 Å². The van der Waals surface area contributed by atoms with Gasteiger partial charge in [-0.3, -0.25) is 4.79 Å². The molecule has 1 atom stereocenters. The lowest BCUT2D eigenvalue weighted by Gasteiger charge is -2.15. The highest BCUT2D eigenvalue weighted by Gasteiger charge is 2.15. The van der Waals surface area contributed by atoms with Crippen molar-refractivity contribution in [1.29, 1.82) is 0 Å². The van der Waals surface area contributed by atoms with Gasteiger partial charge in [-0.15, -0.1) is 0 Å². The Labute approximate surface area is 174 Å². The first-order valence-corrected chi connectivity index (χ1v) is 9.54. The molecule has 0 unspecified atom stereocenters. The Kier molecular flexibility index (Phi) is 6.69. The molecular formula is C24H24FNO4. The second kappa shape index (κ2) is 9.41. The largest absolute Gasteiger partial charge is 0.496 e. The van der Waals surface area contributed by atoms with Crippen molar-refractivity contribution < 1.29 is 23.8 Å². The molecule has 0 saturated heterocycles. The van der Waals surface area contributed by atoms with Crippen molar-refractivity contribution >= 4 is 5.97 Å². The molecule has 0 radical (unpaired) electrons. The number of carboxylic acids is 1. The van der Waals surface area contributed by atoms with E-state index in [9.17, 15) is 9.18 Å². The Morgan fingerprint density at radius 3 is 2.53 bits per heavy atom. The summed E-state index contributed by atoms with van der Waals surface area (Å²) >= 11 is 0. The second-order valence-electron chi connectivity index (χ2n) is 6.99. The van der Waals surface area contributed by atoms with E-state index in [2.05, 4.69) is 0 Å². The molecule has 3 aromatic rings. The van der Waals surface area contributed by atoms with Crippen LogP contribution in [-0.2, 0) is 17.8 Å². The Balaban J connectivity index is 1.92. The first kappa shape index (κ1) is 21.3. The van der Waals surface area contributed by atoms with Crippen LogP contribution in [0.3, 0.4) is 0 Å². The number of hydrogen-bond acceptors (Lipinski definition) is 4. The normalized spacial score (nSPS) is 11.7. The molecule has 0 aliphatic heterocycles. The Hall–Kier alpha value is -3.38. The van der Waals surface area contributed by atoms with Crippen LogP contribution >= 0.6 is 0 Å². The van der Waals surface area contributed by atoms with Crippen LogP contribution in [0.1, 0.15) is 29.7 Å². The third kappa shape index (κ3) is 4.78.